The molecule has 0 amide bonds. The summed E-state index contributed by atoms with van der Waals surface area (Å²) >= 11 is 3.19. The molecule has 21 heavy (non-hydrogen) atoms. The Labute approximate surface area is 131 Å². The average molecular weight is 351 g/mol. The summed E-state index contributed by atoms with van der Waals surface area (Å²) in [5.74, 6) is -1.82. The van der Waals surface area contributed by atoms with E-state index in [1.807, 2.05) is 31.2 Å². The van der Waals surface area contributed by atoms with Gasteiger partial charge in [-0.3, -0.25) is 4.79 Å². The van der Waals surface area contributed by atoms with E-state index in [-0.39, 0.29) is 5.82 Å². The highest BCUT2D eigenvalue weighted by atomic mass is 79.9. The molecule has 2 aromatic rings. The molecule has 0 bridgehead atoms. The number of carboxylic acid groups (broad SMARTS) is 1. The molecular weight excluding hydrogens is 335 g/mol. The summed E-state index contributed by atoms with van der Waals surface area (Å²) in [6.45, 7) is 1.97. The standard InChI is InChI=1S/C17H16BrFO2/c1-11-4-2-5-12(8-11)9-14(17(20)21)10-13-6-3-7-15(19)16(13)18/h2-8,14H,9-10H2,1H3,(H,20,21). The first-order chi connectivity index (χ1) is 9.97. The number of aliphatic carboxylic acids is 1. The van der Waals surface area contributed by atoms with Gasteiger partial charge in [-0.25, -0.2) is 4.39 Å². The van der Waals surface area contributed by atoms with Gasteiger partial charge in [-0.15, -0.1) is 0 Å². The molecule has 0 aliphatic rings. The second kappa shape index (κ2) is 6.85. The zero-order valence-corrected chi connectivity index (χ0v) is 13.2. The van der Waals surface area contributed by atoms with Crippen molar-refractivity contribution in [2.75, 3.05) is 0 Å². The van der Waals surface area contributed by atoms with Gasteiger partial charge in [0, 0.05) is 0 Å². The maximum atomic E-state index is 13.5. The van der Waals surface area contributed by atoms with Crippen molar-refractivity contribution < 1.29 is 14.3 Å². The number of carboxylic acids is 1. The lowest BCUT2D eigenvalue weighted by Gasteiger charge is -2.14. The quantitative estimate of drug-likeness (QED) is 0.868. The van der Waals surface area contributed by atoms with Crippen molar-refractivity contribution in [1.29, 1.82) is 0 Å². The monoisotopic (exact) mass is 350 g/mol. The number of aryl methyl sites for hydroxylation is 1. The summed E-state index contributed by atoms with van der Waals surface area (Å²) in [6, 6.07) is 12.5. The fraction of sp³-hybridized carbons (Fsp3) is 0.235. The molecule has 0 aromatic heterocycles. The Kier molecular flexibility index (Phi) is 5.12. The Balaban J connectivity index is 2.20. The molecule has 1 atom stereocenters. The largest absolute Gasteiger partial charge is 0.481 e. The van der Waals surface area contributed by atoms with Gasteiger partial charge in [0.2, 0.25) is 0 Å². The van der Waals surface area contributed by atoms with E-state index in [9.17, 15) is 14.3 Å². The van der Waals surface area contributed by atoms with Gasteiger partial charge in [0.25, 0.3) is 0 Å². The van der Waals surface area contributed by atoms with Crippen molar-refractivity contribution in [2.45, 2.75) is 19.8 Å². The van der Waals surface area contributed by atoms with Crippen LogP contribution in [-0.2, 0) is 17.6 Å². The lowest BCUT2D eigenvalue weighted by Crippen LogP contribution is -2.19. The van der Waals surface area contributed by atoms with Crippen molar-refractivity contribution in [3.8, 4) is 0 Å². The molecule has 1 N–H and O–H groups in total. The van der Waals surface area contributed by atoms with Gasteiger partial charge in [-0.1, -0.05) is 42.0 Å². The summed E-state index contributed by atoms with van der Waals surface area (Å²) in [4.78, 5) is 11.5. The molecule has 4 heteroatoms. The van der Waals surface area contributed by atoms with Gasteiger partial charge in [-0.2, -0.15) is 0 Å². The Bertz CT molecular complexity index is 655. The van der Waals surface area contributed by atoms with Crippen molar-refractivity contribution in [2.24, 2.45) is 5.92 Å². The predicted molar refractivity (Wildman–Crippen MR) is 83.8 cm³/mol. The second-order valence-electron chi connectivity index (χ2n) is 5.15. The zero-order valence-electron chi connectivity index (χ0n) is 11.6. The van der Waals surface area contributed by atoms with Crippen molar-refractivity contribution in [3.05, 3.63) is 69.4 Å². The van der Waals surface area contributed by atoms with Crippen LogP contribution in [0.25, 0.3) is 0 Å². The maximum Gasteiger partial charge on any atom is 0.307 e. The third-order valence-corrected chi connectivity index (χ3v) is 4.30. The van der Waals surface area contributed by atoms with Gasteiger partial charge in [0.1, 0.15) is 5.82 Å². The van der Waals surface area contributed by atoms with Crippen LogP contribution in [0.2, 0.25) is 0 Å². The van der Waals surface area contributed by atoms with Crippen LogP contribution >= 0.6 is 15.9 Å². The Hall–Kier alpha value is -1.68. The SMILES string of the molecule is Cc1cccc(CC(Cc2cccc(F)c2Br)C(=O)O)c1. The molecule has 0 heterocycles. The predicted octanol–water partition coefficient (Wildman–Crippen LogP) is 4.38. The van der Waals surface area contributed by atoms with E-state index in [1.54, 1.807) is 12.1 Å². The van der Waals surface area contributed by atoms with E-state index in [1.165, 1.54) is 6.07 Å². The first-order valence-electron chi connectivity index (χ1n) is 6.68. The number of hydrogen-bond acceptors (Lipinski definition) is 1. The van der Waals surface area contributed by atoms with E-state index in [0.29, 0.717) is 22.9 Å². The average Bonchev–Trinajstić information content (AvgIpc) is 2.43. The third kappa shape index (κ3) is 4.14. The van der Waals surface area contributed by atoms with E-state index in [4.69, 9.17) is 0 Å². The molecule has 2 aromatic carbocycles. The minimum Gasteiger partial charge on any atom is -0.481 e. The smallest absolute Gasteiger partial charge is 0.307 e. The highest BCUT2D eigenvalue weighted by Crippen LogP contribution is 2.24. The summed E-state index contributed by atoms with van der Waals surface area (Å²) < 4.78 is 13.9. The summed E-state index contributed by atoms with van der Waals surface area (Å²) in [5.41, 5.74) is 2.76. The van der Waals surface area contributed by atoms with Crippen LogP contribution in [0.3, 0.4) is 0 Å². The third-order valence-electron chi connectivity index (χ3n) is 3.41. The zero-order chi connectivity index (χ0) is 15.4. The fourth-order valence-corrected chi connectivity index (χ4v) is 2.77. The normalized spacial score (nSPS) is 12.1. The van der Waals surface area contributed by atoms with E-state index in [2.05, 4.69) is 15.9 Å². The second-order valence-corrected chi connectivity index (χ2v) is 5.94. The van der Waals surface area contributed by atoms with Gasteiger partial charge in [0.05, 0.1) is 10.4 Å². The molecule has 0 aliphatic carbocycles. The van der Waals surface area contributed by atoms with Crippen LogP contribution in [0.1, 0.15) is 16.7 Å². The van der Waals surface area contributed by atoms with Gasteiger partial charge < -0.3 is 5.11 Å². The molecule has 0 fully saturated rings. The number of carbonyl (C=O) groups is 1. The van der Waals surface area contributed by atoms with Gasteiger partial charge in [-0.05, 0) is 52.9 Å². The lowest BCUT2D eigenvalue weighted by molar-refractivity contribution is -0.141. The minimum atomic E-state index is -0.868. The van der Waals surface area contributed by atoms with Crippen LogP contribution in [0, 0.1) is 18.7 Å². The number of hydrogen-bond donors (Lipinski definition) is 1. The summed E-state index contributed by atoms with van der Waals surface area (Å²) in [7, 11) is 0. The summed E-state index contributed by atoms with van der Waals surface area (Å²) in [5, 5.41) is 9.42. The molecule has 2 rings (SSSR count). The highest BCUT2D eigenvalue weighted by Gasteiger charge is 2.20. The van der Waals surface area contributed by atoms with Crippen molar-refractivity contribution >= 4 is 21.9 Å². The highest BCUT2D eigenvalue weighted by molar-refractivity contribution is 9.10. The van der Waals surface area contributed by atoms with Gasteiger partial charge in [0.15, 0.2) is 0 Å². The van der Waals surface area contributed by atoms with Crippen LogP contribution in [-0.4, -0.2) is 11.1 Å². The van der Waals surface area contributed by atoms with Crippen LogP contribution in [0.15, 0.2) is 46.9 Å². The molecule has 0 saturated carbocycles. The maximum absolute atomic E-state index is 13.5. The van der Waals surface area contributed by atoms with Gasteiger partial charge >= 0.3 is 5.97 Å². The molecule has 110 valence electrons. The van der Waals surface area contributed by atoms with E-state index >= 15 is 0 Å². The summed E-state index contributed by atoms with van der Waals surface area (Å²) in [6.07, 6.45) is 0.724. The Morgan fingerprint density at radius 2 is 1.95 bits per heavy atom. The first-order valence-corrected chi connectivity index (χ1v) is 7.48. The number of halogens is 2. The number of rotatable bonds is 5. The van der Waals surface area contributed by atoms with Crippen molar-refractivity contribution in [1.82, 2.24) is 0 Å². The molecule has 0 radical (unpaired) electrons. The van der Waals surface area contributed by atoms with Crippen LogP contribution in [0.4, 0.5) is 4.39 Å². The Morgan fingerprint density at radius 1 is 1.24 bits per heavy atom. The molecule has 2 nitrogen and oxygen atoms in total. The molecule has 0 aliphatic heterocycles. The van der Waals surface area contributed by atoms with E-state index in [0.717, 1.165) is 11.1 Å². The number of benzene rings is 2. The first kappa shape index (κ1) is 15.7. The minimum absolute atomic E-state index is 0.293. The van der Waals surface area contributed by atoms with Crippen molar-refractivity contribution in [3.63, 3.8) is 0 Å². The molecular formula is C17H16BrFO2. The van der Waals surface area contributed by atoms with Crippen LogP contribution in [0.5, 0.6) is 0 Å². The molecule has 0 spiro atoms. The molecule has 0 saturated heterocycles. The Morgan fingerprint density at radius 3 is 2.62 bits per heavy atom. The van der Waals surface area contributed by atoms with Crippen LogP contribution < -0.4 is 0 Å². The topological polar surface area (TPSA) is 37.3 Å². The fourth-order valence-electron chi connectivity index (χ4n) is 2.34. The van der Waals surface area contributed by atoms with E-state index < -0.39 is 11.9 Å². The lowest BCUT2D eigenvalue weighted by atomic mass is 9.92. The molecule has 1 unspecified atom stereocenters.